The second-order valence-electron chi connectivity index (χ2n) is 7.60. The third-order valence-corrected chi connectivity index (χ3v) is 7.30. The van der Waals surface area contributed by atoms with Crippen LogP contribution in [0.3, 0.4) is 0 Å². The van der Waals surface area contributed by atoms with Crippen LogP contribution in [-0.2, 0) is 5.41 Å². The maximum Gasteiger partial charge on any atom is 0.192 e. The van der Waals surface area contributed by atoms with Crippen LogP contribution >= 0.6 is 34.6 Å². The predicted octanol–water partition coefficient (Wildman–Crippen LogP) is 5.88. The zero-order valence-corrected chi connectivity index (χ0v) is 15.7. The molecule has 0 N–H and O–H groups in total. The van der Waals surface area contributed by atoms with E-state index in [-0.39, 0.29) is 10.8 Å². The summed E-state index contributed by atoms with van der Waals surface area (Å²) in [4.78, 5) is 13.5. The van der Waals surface area contributed by atoms with Crippen molar-refractivity contribution in [1.29, 1.82) is 0 Å². The van der Waals surface area contributed by atoms with E-state index in [1.54, 1.807) is 0 Å². The molecule has 1 spiro atoms. The summed E-state index contributed by atoms with van der Waals surface area (Å²) in [6.07, 6.45) is 8.01. The van der Waals surface area contributed by atoms with E-state index in [0.29, 0.717) is 22.5 Å². The van der Waals surface area contributed by atoms with E-state index in [0.717, 1.165) is 36.8 Å². The van der Waals surface area contributed by atoms with Crippen LogP contribution in [0.25, 0.3) is 0 Å². The lowest BCUT2D eigenvalue weighted by molar-refractivity contribution is 0.0227. The standard InChI is InChI=1S/C18H20ClIO2/c1-17-6-7-18(5-3-2-4-11(18)10-17)16(21)12-8-15(22-20)14(19)9-13(12)17/h8-9,11H,2-7,10H2,1H3. The van der Waals surface area contributed by atoms with Crippen LogP contribution in [-0.4, -0.2) is 5.78 Å². The van der Waals surface area contributed by atoms with E-state index >= 15 is 0 Å². The van der Waals surface area contributed by atoms with Gasteiger partial charge in [-0.15, -0.1) is 0 Å². The normalized spacial score (nSPS) is 36.5. The molecule has 22 heavy (non-hydrogen) atoms. The third kappa shape index (κ3) is 1.94. The smallest absolute Gasteiger partial charge is 0.192 e. The number of hydrogen-bond acceptors (Lipinski definition) is 2. The van der Waals surface area contributed by atoms with E-state index < -0.39 is 0 Å². The Kier molecular flexibility index (Phi) is 3.54. The number of hydrogen-bond donors (Lipinski definition) is 0. The first kappa shape index (κ1) is 15.3. The van der Waals surface area contributed by atoms with Gasteiger partial charge in [0, 0.05) is 11.0 Å². The van der Waals surface area contributed by atoms with E-state index in [1.165, 1.54) is 19.3 Å². The Hall–Kier alpha value is -0.290. The lowest BCUT2D eigenvalue weighted by Crippen LogP contribution is -2.45. The molecule has 2 saturated carbocycles. The van der Waals surface area contributed by atoms with E-state index in [1.807, 2.05) is 35.1 Å². The fourth-order valence-corrected chi connectivity index (χ4v) is 6.00. The second kappa shape index (κ2) is 5.10. The summed E-state index contributed by atoms with van der Waals surface area (Å²) in [7, 11) is 0. The first-order valence-corrected chi connectivity index (χ1v) is 9.43. The van der Waals surface area contributed by atoms with Crippen molar-refractivity contribution in [3.8, 4) is 5.75 Å². The SMILES string of the molecule is CC12CCC3(CCCCC3C1)C(=O)c1cc(OI)c(Cl)cc12. The first-order chi connectivity index (χ1) is 10.5. The number of Topliss-reactive ketones (excluding diaryl/α,β-unsaturated/α-hetero) is 1. The Balaban J connectivity index is 1.96. The molecule has 4 aliphatic rings. The van der Waals surface area contributed by atoms with Crippen molar-refractivity contribution in [3.05, 3.63) is 28.3 Å². The summed E-state index contributed by atoms with van der Waals surface area (Å²) in [6, 6.07) is 3.90. The van der Waals surface area contributed by atoms with Crippen LogP contribution in [0.2, 0.25) is 5.02 Å². The van der Waals surface area contributed by atoms with Gasteiger partial charge in [0.25, 0.3) is 0 Å². The van der Waals surface area contributed by atoms with Crippen LogP contribution in [0.4, 0.5) is 0 Å². The fraction of sp³-hybridized carbons (Fsp3) is 0.611. The minimum Gasteiger partial charge on any atom is -0.426 e. The minimum atomic E-state index is -0.112. The van der Waals surface area contributed by atoms with Crippen molar-refractivity contribution in [2.45, 2.75) is 57.3 Å². The molecule has 2 nitrogen and oxygen atoms in total. The van der Waals surface area contributed by atoms with Crippen molar-refractivity contribution >= 4 is 40.4 Å². The fourth-order valence-electron chi connectivity index (χ4n) is 5.31. The number of carbonyl (C=O) groups is 1. The molecule has 0 amide bonds. The van der Waals surface area contributed by atoms with E-state index in [9.17, 15) is 4.79 Å². The molecule has 0 radical (unpaired) electrons. The molecule has 3 atom stereocenters. The largest absolute Gasteiger partial charge is 0.426 e. The van der Waals surface area contributed by atoms with Gasteiger partial charge in [-0.25, -0.2) is 0 Å². The minimum absolute atomic E-state index is 0.0838. The monoisotopic (exact) mass is 430 g/mol. The number of rotatable bonds is 1. The van der Waals surface area contributed by atoms with Gasteiger partial charge in [0.1, 0.15) is 0 Å². The molecular formula is C18H20ClIO2. The number of halogens is 2. The van der Waals surface area contributed by atoms with Crippen LogP contribution in [0.1, 0.15) is 67.8 Å². The number of benzene rings is 1. The van der Waals surface area contributed by atoms with Crippen LogP contribution < -0.4 is 3.07 Å². The number of ketones is 1. The lowest BCUT2D eigenvalue weighted by atomic mass is 9.54. The van der Waals surface area contributed by atoms with Gasteiger partial charge in [-0.1, -0.05) is 31.4 Å². The van der Waals surface area contributed by atoms with Crippen molar-refractivity contribution in [3.63, 3.8) is 0 Å². The molecule has 5 rings (SSSR count). The van der Waals surface area contributed by atoms with Crippen molar-refractivity contribution in [1.82, 2.24) is 0 Å². The van der Waals surface area contributed by atoms with Crippen LogP contribution in [0.5, 0.6) is 5.75 Å². The Morgan fingerprint density at radius 3 is 2.86 bits per heavy atom. The highest BCUT2D eigenvalue weighted by atomic mass is 127. The highest BCUT2D eigenvalue weighted by molar-refractivity contribution is 14.1. The molecule has 118 valence electrons. The molecule has 3 unspecified atom stereocenters. The average molecular weight is 431 g/mol. The molecule has 0 aromatic heterocycles. The summed E-state index contributed by atoms with van der Waals surface area (Å²) in [5.74, 6) is 1.52. The molecule has 0 heterocycles. The molecule has 2 bridgehead atoms. The Morgan fingerprint density at radius 1 is 1.27 bits per heavy atom. The second-order valence-corrected chi connectivity index (χ2v) is 8.45. The number of fused-ring (bicyclic) bond motifs is 1. The quantitative estimate of drug-likeness (QED) is 0.520. The maximum atomic E-state index is 13.5. The van der Waals surface area contributed by atoms with Crippen molar-refractivity contribution in [2.24, 2.45) is 11.3 Å². The first-order valence-electron chi connectivity index (χ1n) is 8.18. The predicted molar refractivity (Wildman–Crippen MR) is 96.0 cm³/mol. The van der Waals surface area contributed by atoms with Crippen LogP contribution in [0, 0.1) is 11.3 Å². The van der Waals surface area contributed by atoms with Gasteiger partial charge in [0.05, 0.1) is 5.02 Å². The molecule has 1 aromatic rings. The van der Waals surface area contributed by atoms with Gasteiger partial charge >= 0.3 is 0 Å². The summed E-state index contributed by atoms with van der Waals surface area (Å²) < 4.78 is 5.34. The van der Waals surface area contributed by atoms with Gasteiger partial charge in [0.2, 0.25) is 0 Å². The molecule has 4 heteroatoms. The maximum absolute atomic E-state index is 13.5. The van der Waals surface area contributed by atoms with Crippen molar-refractivity contribution in [2.75, 3.05) is 0 Å². The van der Waals surface area contributed by atoms with Crippen molar-refractivity contribution < 1.29 is 7.86 Å². The Labute approximate surface area is 150 Å². The molecule has 0 aliphatic heterocycles. The van der Waals surface area contributed by atoms with Gasteiger partial charge in [-0.3, -0.25) is 4.79 Å². The van der Waals surface area contributed by atoms with Crippen LogP contribution in [0.15, 0.2) is 12.1 Å². The van der Waals surface area contributed by atoms with Gasteiger partial charge in [-0.2, -0.15) is 0 Å². The van der Waals surface area contributed by atoms with Gasteiger partial charge in [-0.05, 0) is 61.1 Å². The summed E-state index contributed by atoms with van der Waals surface area (Å²) in [6.45, 7) is 2.32. The average Bonchev–Trinajstić information content (AvgIpc) is 2.65. The Bertz CT molecular complexity index is 659. The highest BCUT2D eigenvalue weighted by Gasteiger charge is 2.56. The molecule has 2 fully saturated rings. The van der Waals surface area contributed by atoms with E-state index in [4.69, 9.17) is 14.7 Å². The van der Waals surface area contributed by atoms with Gasteiger partial charge < -0.3 is 3.07 Å². The molecule has 1 aromatic carbocycles. The molecule has 0 saturated heterocycles. The summed E-state index contributed by atoms with van der Waals surface area (Å²) in [5.41, 5.74) is 2.01. The van der Waals surface area contributed by atoms with E-state index in [2.05, 4.69) is 6.92 Å². The van der Waals surface area contributed by atoms with Gasteiger partial charge in [0.15, 0.2) is 34.5 Å². The highest BCUT2D eigenvalue weighted by Crippen LogP contribution is 2.61. The number of carbonyl (C=O) groups excluding carboxylic acids is 1. The lowest BCUT2D eigenvalue weighted by Gasteiger charge is -2.49. The zero-order valence-electron chi connectivity index (χ0n) is 12.8. The molecule has 4 aliphatic carbocycles. The Morgan fingerprint density at radius 2 is 2.09 bits per heavy atom. The zero-order chi connectivity index (χ0) is 15.5. The summed E-state index contributed by atoms with van der Waals surface area (Å²) in [5, 5.41) is 0.619. The molecular weight excluding hydrogens is 411 g/mol. The summed E-state index contributed by atoms with van der Waals surface area (Å²) >= 11 is 8.21. The topological polar surface area (TPSA) is 26.3 Å². The third-order valence-electron chi connectivity index (χ3n) is 6.53.